The molecular formula is C22H21BrN2O4. The third kappa shape index (κ3) is 4.00. The van der Waals surface area contributed by atoms with Crippen LogP contribution in [-0.2, 0) is 9.59 Å². The number of hydrogen-bond acceptors (Lipinski definition) is 4. The normalized spacial score (nSPS) is 17.3. The van der Waals surface area contributed by atoms with Crippen molar-refractivity contribution in [1.29, 1.82) is 0 Å². The van der Waals surface area contributed by atoms with E-state index in [1.54, 1.807) is 25.3 Å². The topological polar surface area (TPSA) is 59.1 Å². The molecule has 1 fully saturated rings. The second kappa shape index (κ2) is 8.29. The Morgan fingerprint density at radius 1 is 1.21 bits per heavy atom. The number of nitrogens with zero attached hydrogens (tertiary/aromatic N) is 2. The molecule has 0 aliphatic carbocycles. The van der Waals surface area contributed by atoms with E-state index in [0.717, 1.165) is 36.0 Å². The number of carbonyl (C=O) groups is 2. The molecule has 150 valence electrons. The van der Waals surface area contributed by atoms with Gasteiger partial charge in [-0.05, 0) is 64.7 Å². The van der Waals surface area contributed by atoms with Crippen molar-refractivity contribution in [2.45, 2.75) is 12.8 Å². The van der Waals surface area contributed by atoms with Crippen molar-refractivity contribution < 1.29 is 19.1 Å². The van der Waals surface area contributed by atoms with E-state index in [4.69, 9.17) is 9.47 Å². The number of rotatable bonds is 4. The minimum absolute atomic E-state index is 0.00283. The maximum atomic E-state index is 13.2. The molecule has 2 heterocycles. The van der Waals surface area contributed by atoms with Crippen LogP contribution in [0.2, 0.25) is 0 Å². The average Bonchev–Trinajstić information content (AvgIpc) is 3.26. The Kier molecular flexibility index (Phi) is 5.58. The van der Waals surface area contributed by atoms with Gasteiger partial charge in [-0.3, -0.25) is 14.5 Å². The first kappa shape index (κ1) is 19.5. The van der Waals surface area contributed by atoms with Gasteiger partial charge in [0.1, 0.15) is 12.3 Å². The lowest BCUT2D eigenvalue weighted by molar-refractivity contribution is -0.130. The molecule has 0 unspecified atom stereocenters. The summed E-state index contributed by atoms with van der Waals surface area (Å²) in [6.45, 7) is 1.51. The molecule has 7 heteroatoms. The lowest BCUT2D eigenvalue weighted by atomic mass is 10.1. The second-order valence-electron chi connectivity index (χ2n) is 6.95. The van der Waals surface area contributed by atoms with E-state index in [1.165, 1.54) is 4.90 Å². The molecule has 2 aliphatic heterocycles. The fourth-order valence-corrected chi connectivity index (χ4v) is 4.10. The van der Waals surface area contributed by atoms with Crippen LogP contribution >= 0.6 is 15.9 Å². The number of ether oxygens (including phenoxy) is 2. The van der Waals surface area contributed by atoms with Crippen molar-refractivity contribution in [3.05, 3.63) is 58.3 Å². The van der Waals surface area contributed by atoms with E-state index in [2.05, 4.69) is 15.9 Å². The monoisotopic (exact) mass is 456 g/mol. The average molecular weight is 457 g/mol. The highest BCUT2D eigenvalue weighted by Gasteiger charge is 2.33. The summed E-state index contributed by atoms with van der Waals surface area (Å²) in [5.74, 6) is 1.06. The van der Waals surface area contributed by atoms with Crippen molar-refractivity contribution >= 4 is 39.5 Å². The van der Waals surface area contributed by atoms with Crippen LogP contribution in [0.5, 0.6) is 11.5 Å². The van der Waals surface area contributed by atoms with Crippen LogP contribution < -0.4 is 14.4 Å². The maximum Gasteiger partial charge on any atom is 0.294 e. The van der Waals surface area contributed by atoms with Gasteiger partial charge in [-0.25, -0.2) is 0 Å². The SMILES string of the molecule is COc1ccc(/C=C2/Oc3ccccc3N(CC(=O)N3CCCC3)C2=O)cc1Br. The van der Waals surface area contributed by atoms with E-state index in [-0.39, 0.29) is 24.1 Å². The number of likely N-dealkylation sites (tertiary alicyclic amines) is 1. The summed E-state index contributed by atoms with van der Waals surface area (Å²) in [6, 6.07) is 12.8. The largest absolute Gasteiger partial charge is 0.496 e. The van der Waals surface area contributed by atoms with Crippen molar-refractivity contribution in [3.8, 4) is 11.5 Å². The number of amides is 2. The molecule has 4 rings (SSSR count). The van der Waals surface area contributed by atoms with Crippen LogP contribution in [0, 0.1) is 0 Å². The first-order valence-corrected chi connectivity index (χ1v) is 10.3. The summed E-state index contributed by atoms with van der Waals surface area (Å²) in [5, 5.41) is 0. The van der Waals surface area contributed by atoms with Crippen LogP contribution in [0.25, 0.3) is 6.08 Å². The third-order valence-electron chi connectivity index (χ3n) is 5.06. The second-order valence-corrected chi connectivity index (χ2v) is 7.81. The van der Waals surface area contributed by atoms with Gasteiger partial charge in [0.25, 0.3) is 5.91 Å². The maximum absolute atomic E-state index is 13.2. The molecule has 0 radical (unpaired) electrons. The van der Waals surface area contributed by atoms with Gasteiger partial charge in [-0.15, -0.1) is 0 Å². The molecule has 0 spiro atoms. The molecule has 29 heavy (non-hydrogen) atoms. The molecular weight excluding hydrogens is 436 g/mol. The zero-order chi connectivity index (χ0) is 20.4. The fourth-order valence-electron chi connectivity index (χ4n) is 3.54. The summed E-state index contributed by atoms with van der Waals surface area (Å²) in [6.07, 6.45) is 3.70. The molecule has 0 bridgehead atoms. The van der Waals surface area contributed by atoms with Gasteiger partial charge in [0.05, 0.1) is 17.3 Å². The molecule has 0 atom stereocenters. The lowest BCUT2D eigenvalue weighted by Crippen LogP contribution is -2.45. The van der Waals surface area contributed by atoms with Crippen LogP contribution in [0.1, 0.15) is 18.4 Å². The first-order valence-electron chi connectivity index (χ1n) is 9.48. The number of para-hydroxylation sites is 2. The van der Waals surface area contributed by atoms with Crippen molar-refractivity contribution in [2.24, 2.45) is 0 Å². The van der Waals surface area contributed by atoms with Gasteiger partial charge < -0.3 is 14.4 Å². The predicted octanol–water partition coefficient (Wildman–Crippen LogP) is 3.85. The van der Waals surface area contributed by atoms with Crippen LogP contribution in [0.3, 0.4) is 0 Å². The number of benzene rings is 2. The van der Waals surface area contributed by atoms with Crippen molar-refractivity contribution in [3.63, 3.8) is 0 Å². The van der Waals surface area contributed by atoms with E-state index in [9.17, 15) is 9.59 Å². The summed E-state index contributed by atoms with van der Waals surface area (Å²) >= 11 is 3.45. The third-order valence-corrected chi connectivity index (χ3v) is 5.68. The summed E-state index contributed by atoms with van der Waals surface area (Å²) < 4.78 is 11.9. The van der Waals surface area contributed by atoms with Gasteiger partial charge in [-0.2, -0.15) is 0 Å². The van der Waals surface area contributed by atoms with E-state index in [0.29, 0.717) is 17.2 Å². The zero-order valence-electron chi connectivity index (χ0n) is 16.1. The molecule has 2 aromatic carbocycles. The van der Waals surface area contributed by atoms with Gasteiger partial charge in [0.2, 0.25) is 5.91 Å². The van der Waals surface area contributed by atoms with E-state index >= 15 is 0 Å². The number of anilines is 1. The number of carbonyl (C=O) groups excluding carboxylic acids is 2. The first-order chi connectivity index (χ1) is 14.1. The Morgan fingerprint density at radius 2 is 1.97 bits per heavy atom. The molecule has 0 N–H and O–H groups in total. The van der Waals surface area contributed by atoms with Crippen molar-refractivity contribution in [2.75, 3.05) is 31.6 Å². The Hall–Kier alpha value is -2.80. The van der Waals surface area contributed by atoms with Crippen molar-refractivity contribution in [1.82, 2.24) is 4.90 Å². The molecule has 2 aliphatic rings. The van der Waals surface area contributed by atoms with Gasteiger partial charge in [-0.1, -0.05) is 18.2 Å². The Morgan fingerprint density at radius 3 is 2.69 bits per heavy atom. The smallest absolute Gasteiger partial charge is 0.294 e. The number of methoxy groups -OCH3 is 1. The van der Waals surface area contributed by atoms with Gasteiger partial charge in [0, 0.05) is 13.1 Å². The van der Waals surface area contributed by atoms with E-state index in [1.807, 2.05) is 35.2 Å². The minimum Gasteiger partial charge on any atom is -0.496 e. The van der Waals surface area contributed by atoms with E-state index < -0.39 is 0 Å². The Bertz CT molecular complexity index is 983. The zero-order valence-corrected chi connectivity index (χ0v) is 17.6. The van der Waals surface area contributed by atoms with Gasteiger partial charge in [0.15, 0.2) is 11.5 Å². The number of halogens is 1. The molecule has 1 saturated heterocycles. The summed E-state index contributed by atoms with van der Waals surface area (Å²) in [7, 11) is 1.60. The lowest BCUT2D eigenvalue weighted by Gasteiger charge is -2.31. The van der Waals surface area contributed by atoms with Gasteiger partial charge >= 0.3 is 0 Å². The quantitative estimate of drug-likeness (QED) is 0.655. The molecule has 0 saturated carbocycles. The molecule has 6 nitrogen and oxygen atoms in total. The highest BCUT2D eigenvalue weighted by atomic mass is 79.9. The minimum atomic E-state index is -0.330. The fraction of sp³-hybridized carbons (Fsp3) is 0.273. The highest BCUT2D eigenvalue weighted by molar-refractivity contribution is 9.10. The van der Waals surface area contributed by atoms with Crippen LogP contribution in [0.15, 0.2) is 52.7 Å². The number of fused-ring (bicyclic) bond motifs is 1. The van der Waals surface area contributed by atoms with Crippen LogP contribution in [0.4, 0.5) is 5.69 Å². The molecule has 2 aromatic rings. The van der Waals surface area contributed by atoms with Crippen LogP contribution in [-0.4, -0.2) is 43.5 Å². The molecule has 0 aromatic heterocycles. The standard InChI is InChI=1S/C22H21BrN2O4/c1-28-18-9-8-15(12-16(18)23)13-20-22(27)25(14-21(26)24-10-4-5-11-24)17-6-2-3-7-19(17)29-20/h2-3,6-9,12-13H,4-5,10-11,14H2,1H3/b20-13+. The summed E-state index contributed by atoms with van der Waals surface area (Å²) in [4.78, 5) is 29.2. The Labute approximate surface area is 177 Å². The predicted molar refractivity (Wildman–Crippen MR) is 114 cm³/mol. The number of hydrogen-bond donors (Lipinski definition) is 0. The molecule has 2 amide bonds. The summed E-state index contributed by atoms with van der Waals surface area (Å²) in [5.41, 5.74) is 1.39. The Balaban J connectivity index is 1.65. The highest BCUT2D eigenvalue weighted by Crippen LogP contribution is 2.36.